The summed E-state index contributed by atoms with van der Waals surface area (Å²) in [6, 6.07) is 8.69. The van der Waals surface area contributed by atoms with Crippen LogP contribution in [0.15, 0.2) is 36.7 Å². The maximum absolute atomic E-state index is 4.29. The third-order valence-corrected chi connectivity index (χ3v) is 2.71. The molecule has 0 amide bonds. The van der Waals surface area contributed by atoms with Crippen molar-refractivity contribution < 1.29 is 0 Å². The Bertz CT molecular complexity index is 457. The second-order valence-corrected chi connectivity index (χ2v) is 4.31. The largest absolute Gasteiger partial charge is 0.313 e. The number of aromatic nitrogens is 2. The highest BCUT2D eigenvalue weighted by Crippen LogP contribution is 2.06. The molecule has 1 N–H and O–H groups in total. The van der Waals surface area contributed by atoms with E-state index in [1.807, 2.05) is 10.9 Å². The van der Waals surface area contributed by atoms with Crippen LogP contribution in [0.25, 0.3) is 0 Å². The summed E-state index contributed by atoms with van der Waals surface area (Å²) in [6.07, 6.45) is 3.95. The predicted molar refractivity (Wildman–Crippen MR) is 69.9 cm³/mol. The summed E-state index contributed by atoms with van der Waals surface area (Å²) < 4.78 is 1.97. The monoisotopic (exact) mass is 229 g/mol. The SMILES string of the molecule is CCNCc1ccc(Cn2cc(C)cn2)cc1. The molecule has 0 aliphatic rings. The van der Waals surface area contributed by atoms with Gasteiger partial charge in [0.05, 0.1) is 12.7 Å². The lowest BCUT2D eigenvalue weighted by molar-refractivity contribution is 0.685. The number of aryl methyl sites for hydroxylation is 1. The van der Waals surface area contributed by atoms with Crippen molar-refractivity contribution in [2.45, 2.75) is 26.9 Å². The molecule has 0 aliphatic carbocycles. The Morgan fingerprint density at radius 3 is 2.47 bits per heavy atom. The average Bonchev–Trinajstić information content (AvgIpc) is 2.74. The van der Waals surface area contributed by atoms with Gasteiger partial charge in [0.15, 0.2) is 0 Å². The van der Waals surface area contributed by atoms with E-state index in [2.05, 4.69) is 54.7 Å². The molecule has 0 radical (unpaired) electrons. The summed E-state index contributed by atoms with van der Waals surface area (Å²) in [5, 5.41) is 7.61. The first-order valence-corrected chi connectivity index (χ1v) is 6.05. The lowest BCUT2D eigenvalue weighted by atomic mass is 10.1. The average molecular weight is 229 g/mol. The van der Waals surface area contributed by atoms with Crippen molar-refractivity contribution in [1.29, 1.82) is 0 Å². The summed E-state index contributed by atoms with van der Waals surface area (Å²) in [5.74, 6) is 0. The molecular formula is C14H19N3. The van der Waals surface area contributed by atoms with Gasteiger partial charge in [-0.3, -0.25) is 4.68 Å². The van der Waals surface area contributed by atoms with Gasteiger partial charge in [0, 0.05) is 12.7 Å². The molecule has 0 bridgehead atoms. The second kappa shape index (κ2) is 5.64. The van der Waals surface area contributed by atoms with Crippen molar-refractivity contribution in [2.75, 3.05) is 6.54 Å². The molecule has 90 valence electrons. The normalized spacial score (nSPS) is 10.7. The van der Waals surface area contributed by atoms with Crippen molar-refractivity contribution in [1.82, 2.24) is 15.1 Å². The van der Waals surface area contributed by atoms with E-state index in [-0.39, 0.29) is 0 Å². The van der Waals surface area contributed by atoms with Crippen LogP contribution in [0.5, 0.6) is 0 Å². The van der Waals surface area contributed by atoms with Crippen LogP contribution in [-0.2, 0) is 13.1 Å². The number of nitrogens with zero attached hydrogens (tertiary/aromatic N) is 2. The van der Waals surface area contributed by atoms with Crippen LogP contribution in [0.2, 0.25) is 0 Å². The molecule has 0 saturated carbocycles. The molecular weight excluding hydrogens is 210 g/mol. The third kappa shape index (κ3) is 3.43. The summed E-state index contributed by atoms with van der Waals surface area (Å²) in [6.45, 7) is 6.97. The van der Waals surface area contributed by atoms with Crippen LogP contribution in [0, 0.1) is 6.92 Å². The Morgan fingerprint density at radius 2 is 1.88 bits per heavy atom. The molecule has 1 heterocycles. The fourth-order valence-corrected chi connectivity index (χ4v) is 1.77. The first kappa shape index (κ1) is 11.9. The number of nitrogens with one attached hydrogen (secondary N) is 1. The van der Waals surface area contributed by atoms with Gasteiger partial charge in [-0.15, -0.1) is 0 Å². The third-order valence-electron chi connectivity index (χ3n) is 2.71. The van der Waals surface area contributed by atoms with Crippen molar-refractivity contribution in [3.05, 3.63) is 53.3 Å². The van der Waals surface area contributed by atoms with E-state index in [9.17, 15) is 0 Å². The predicted octanol–water partition coefficient (Wildman–Crippen LogP) is 2.35. The molecule has 0 unspecified atom stereocenters. The zero-order chi connectivity index (χ0) is 12.1. The van der Waals surface area contributed by atoms with E-state index in [0.717, 1.165) is 19.6 Å². The molecule has 3 nitrogen and oxygen atoms in total. The van der Waals surface area contributed by atoms with Gasteiger partial charge in [0.25, 0.3) is 0 Å². The van der Waals surface area contributed by atoms with E-state index in [1.165, 1.54) is 16.7 Å². The van der Waals surface area contributed by atoms with Gasteiger partial charge in [-0.2, -0.15) is 5.10 Å². The summed E-state index contributed by atoms with van der Waals surface area (Å²) >= 11 is 0. The molecule has 2 rings (SSSR count). The van der Waals surface area contributed by atoms with Crippen LogP contribution in [0.3, 0.4) is 0 Å². The molecule has 17 heavy (non-hydrogen) atoms. The highest BCUT2D eigenvalue weighted by atomic mass is 15.3. The molecule has 0 aliphatic heterocycles. The van der Waals surface area contributed by atoms with E-state index in [1.54, 1.807) is 0 Å². The lowest BCUT2D eigenvalue weighted by Crippen LogP contribution is -2.11. The topological polar surface area (TPSA) is 29.9 Å². The fraction of sp³-hybridized carbons (Fsp3) is 0.357. The Kier molecular flexibility index (Phi) is 3.94. The smallest absolute Gasteiger partial charge is 0.0659 e. The van der Waals surface area contributed by atoms with Crippen LogP contribution >= 0.6 is 0 Å². The van der Waals surface area contributed by atoms with Crippen molar-refractivity contribution in [3.8, 4) is 0 Å². The Morgan fingerprint density at radius 1 is 1.18 bits per heavy atom. The molecule has 0 spiro atoms. The number of hydrogen-bond acceptors (Lipinski definition) is 2. The second-order valence-electron chi connectivity index (χ2n) is 4.31. The standard InChI is InChI=1S/C14H19N3/c1-3-15-9-13-4-6-14(7-5-13)11-17-10-12(2)8-16-17/h4-8,10,15H,3,9,11H2,1-2H3. The zero-order valence-electron chi connectivity index (χ0n) is 10.5. The highest BCUT2D eigenvalue weighted by Gasteiger charge is 1.97. The highest BCUT2D eigenvalue weighted by molar-refractivity contribution is 5.22. The van der Waals surface area contributed by atoms with Gasteiger partial charge in [-0.25, -0.2) is 0 Å². The Balaban J connectivity index is 1.98. The van der Waals surface area contributed by atoms with Gasteiger partial charge < -0.3 is 5.32 Å². The minimum Gasteiger partial charge on any atom is -0.313 e. The van der Waals surface area contributed by atoms with Crippen LogP contribution < -0.4 is 5.32 Å². The van der Waals surface area contributed by atoms with Crippen molar-refractivity contribution in [2.24, 2.45) is 0 Å². The Labute approximate surface area is 102 Å². The van der Waals surface area contributed by atoms with Gasteiger partial charge in [-0.1, -0.05) is 31.2 Å². The fourth-order valence-electron chi connectivity index (χ4n) is 1.77. The van der Waals surface area contributed by atoms with Gasteiger partial charge >= 0.3 is 0 Å². The zero-order valence-corrected chi connectivity index (χ0v) is 10.5. The maximum Gasteiger partial charge on any atom is 0.0659 e. The number of hydrogen-bond donors (Lipinski definition) is 1. The minimum atomic E-state index is 0.843. The van der Waals surface area contributed by atoms with Gasteiger partial charge in [-0.05, 0) is 30.2 Å². The summed E-state index contributed by atoms with van der Waals surface area (Å²) in [7, 11) is 0. The van der Waals surface area contributed by atoms with Crippen molar-refractivity contribution in [3.63, 3.8) is 0 Å². The lowest BCUT2D eigenvalue weighted by Gasteiger charge is -2.05. The van der Waals surface area contributed by atoms with Crippen LogP contribution in [0.1, 0.15) is 23.6 Å². The number of benzene rings is 1. The van der Waals surface area contributed by atoms with Crippen LogP contribution in [0.4, 0.5) is 0 Å². The van der Waals surface area contributed by atoms with E-state index < -0.39 is 0 Å². The van der Waals surface area contributed by atoms with E-state index in [0.29, 0.717) is 0 Å². The Hall–Kier alpha value is -1.61. The molecule has 2 aromatic rings. The molecule has 3 heteroatoms. The van der Waals surface area contributed by atoms with Crippen LogP contribution in [-0.4, -0.2) is 16.3 Å². The first-order chi connectivity index (χ1) is 8.28. The molecule has 0 fully saturated rings. The quantitative estimate of drug-likeness (QED) is 0.853. The minimum absolute atomic E-state index is 0.843. The molecule has 1 aromatic heterocycles. The first-order valence-electron chi connectivity index (χ1n) is 6.05. The van der Waals surface area contributed by atoms with E-state index in [4.69, 9.17) is 0 Å². The van der Waals surface area contributed by atoms with E-state index >= 15 is 0 Å². The molecule has 0 atom stereocenters. The van der Waals surface area contributed by atoms with Gasteiger partial charge in [0.1, 0.15) is 0 Å². The summed E-state index contributed by atoms with van der Waals surface area (Å²) in [4.78, 5) is 0. The molecule has 0 saturated heterocycles. The molecule has 1 aromatic carbocycles. The van der Waals surface area contributed by atoms with Gasteiger partial charge in [0.2, 0.25) is 0 Å². The summed E-state index contributed by atoms with van der Waals surface area (Å²) in [5.41, 5.74) is 3.81. The number of rotatable bonds is 5. The maximum atomic E-state index is 4.29. The van der Waals surface area contributed by atoms with Crippen molar-refractivity contribution >= 4 is 0 Å².